The third-order valence-corrected chi connectivity index (χ3v) is 3.95. The Kier molecular flexibility index (Phi) is 3.55. The average molecular weight is 291 g/mol. The number of benzene rings is 1. The van der Waals surface area contributed by atoms with Crippen molar-refractivity contribution in [2.75, 3.05) is 27.1 Å². The first-order valence-electron chi connectivity index (χ1n) is 6.86. The predicted octanol–water partition coefficient (Wildman–Crippen LogP) is 1.09. The minimum absolute atomic E-state index is 0.0529. The van der Waals surface area contributed by atoms with Crippen LogP contribution < -0.4 is 9.47 Å². The number of ether oxygens (including phenoxy) is 3. The van der Waals surface area contributed by atoms with Crippen molar-refractivity contribution >= 4 is 11.7 Å². The number of hydrogen-bond acceptors (Lipinski definition) is 5. The summed E-state index contributed by atoms with van der Waals surface area (Å²) in [5.41, 5.74) is 0.510. The number of hydrogen-bond donors (Lipinski definition) is 0. The fourth-order valence-electron chi connectivity index (χ4n) is 2.32. The van der Waals surface area contributed by atoms with Gasteiger partial charge >= 0.3 is 0 Å². The van der Waals surface area contributed by atoms with E-state index < -0.39 is 6.04 Å². The van der Waals surface area contributed by atoms with Gasteiger partial charge in [0.2, 0.25) is 12.7 Å². The number of rotatable bonds is 4. The van der Waals surface area contributed by atoms with Crippen molar-refractivity contribution in [2.45, 2.75) is 13.0 Å². The van der Waals surface area contributed by atoms with Gasteiger partial charge in [-0.1, -0.05) is 0 Å². The van der Waals surface area contributed by atoms with Crippen LogP contribution in [0.5, 0.6) is 11.5 Å². The number of likely N-dealkylation sites (N-methyl/N-ethyl adjacent to an activating group) is 1. The minimum Gasteiger partial charge on any atom is -0.454 e. The summed E-state index contributed by atoms with van der Waals surface area (Å²) in [6, 6.07) is 4.53. The first-order valence-corrected chi connectivity index (χ1v) is 6.86. The second-order valence-corrected chi connectivity index (χ2v) is 5.29. The summed E-state index contributed by atoms with van der Waals surface area (Å²) in [6.45, 7) is 2.77. The number of nitrogens with zero attached hydrogens (tertiary/aromatic N) is 1. The van der Waals surface area contributed by atoms with Crippen LogP contribution in [0.3, 0.4) is 0 Å². The van der Waals surface area contributed by atoms with E-state index in [-0.39, 0.29) is 24.4 Å². The van der Waals surface area contributed by atoms with Crippen LogP contribution in [0.15, 0.2) is 18.2 Å². The molecule has 0 aromatic heterocycles. The summed E-state index contributed by atoms with van der Waals surface area (Å²) in [5.74, 6) is 0.902. The molecule has 0 bridgehead atoms. The van der Waals surface area contributed by atoms with Crippen LogP contribution in [-0.2, 0) is 9.53 Å². The minimum atomic E-state index is -0.529. The maximum Gasteiger partial charge on any atom is 0.231 e. The molecular weight excluding hydrogens is 274 g/mol. The third-order valence-electron chi connectivity index (χ3n) is 3.95. The van der Waals surface area contributed by atoms with Crippen LogP contribution in [0.1, 0.15) is 17.3 Å². The Morgan fingerprint density at radius 2 is 1.95 bits per heavy atom. The lowest BCUT2D eigenvalue weighted by atomic mass is 10.0. The number of carbonyl (C=O) groups is 2. The zero-order chi connectivity index (χ0) is 15.0. The summed E-state index contributed by atoms with van der Waals surface area (Å²) in [6.07, 6.45) is 0. The van der Waals surface area contributed by atoms with Gasteiger partial charge in [0.25, 0.3) is 0 Å². The van der Waals surface area contributed by atoms with Gasteiger partial charge in [0.05, 0.1) is 25.2 Å². The molecule has 2 aliphatic rings. The molecule has 112 valence electrons. The van der Waals surface area contributed by atoms with E-state index in [4.69, 9.17) is 14.2 Å². The van der Waals surface area contributed by atoms with Crippen LogP contribution in [-0.4, -0.2) is 49.7 Å². The lowest BCUT2D eigenvalue weighted by molar-refractivity contribution is -0.149. The Bertz CT molecular complexity index is 581. The van der Waals surface area contributed by atoms with Crippen LogP contribution >= 0.6 is 0 Å². The monoisotopic (exact) mass is 291 g/mol. The molecule has 21 heavy (non-hydrogen) atoms. The maximum atomic E-state index is 12.5. The van der Waals surface area contributed by atoms with E-state index in [1.165, 1.54) is 4.90 Å². The van der Waals surface area contributed by atoms with Crippen LogP contribution in [0, 0.1) is 5.92 Å². The Morgan fingerprint density at radius 1 is 1.24 bits per heavy atom. The Morgan fingerprint density at radius 3 is 2.62 bits per heavy atom. The summed E-state index contributed by atoms with van der Waals surface area (Å²) < 4.78 is 15.5. The smallest absolute Gasteiger partial charge is 0.231 e. The highest BCUT2D eigenvalue weighted by molar-refractivity contribution is 6.02. The van der Waals surface area contributed by atoms with Gasteiger partial charge < -0.3 is 19.1 Å². The molecule has 2 heterocycles. The van der Waals surface area contributed by atoms with Crippen molar-refractivity contribution in [1.29, 1.82) is 0 Å². The second-order valence-electron chi connectivity index (χ2n) is 5.29. The topological polar surface area (TPSA) is 65.1 Å². The van der Waals surface area contributed by atoms with Gasteiger partial charge in [-0.25, -0.2) is 0 Å². The van der Waals surface area contributed by atoms with Crippen molar-refractivity contribution in [2.24, 2.45) is 5.92 Å². The number of carbonyl (C=O) groups excluding carboxylic acids is 2. The molecule has 6 heteroatoms. The molecule has 1 aromatic rings. The lowest BCUT2D eigenvalue weighted by Gasteiger charge is -2.32. The van der Waals surface area contributed by atoms with Gasteiger partial charge in [0.1, 0.15) is 0 Å². The van der Waals surface area contributed by atoms with Gasteiger partial charge in [0, 0.05) is 12.6 Å². The summed E-state index contributed by atoms with van der Waals surface area (Å²) in [7, 11) is 1.65. The fourth-order valence-corrected chi connectivity index (χ4v) is 2.32. The van der Waals surface area contributed by atoms with Crippen molar-refractivity contribution in [1.82, 2.24) is 4.90 Å². The predicted molar refractivity (Wildman–Crippen MR) is 73.4 cm³/mol. The van der Waals surface area contributed by atoms with Gasteiger partial charge in [-0.3, -0.25) is 9.59 Å². The van der Waals surface area contributed by atoms with Gasteiger partial charge in [-0.05, 0) is 25.1 Å². The molecule has 3 rings (SSSR count). The van der Waals surface area contributed by atoms with Crippen LogP contribution in [0.4, 0.5) is 0 Å². The zero-order valence-corrected chi connectivity index (χ0v) is 12.0. The van der Waals surface area contributed by atoms with E-state index in [9.17, 15) is 9.59 Å². The molecule has 0 N–H and O–H groups in total. The largest absolute Gasteiger partial charge is 0.454 e. The van der Waals surface area contributed by atoms with Crippen LogP contribution in [0.2, 0.25) is 0 Å². The quantitative estimate of drug-likeness (QED) is 0.777. The summed E-state index contributed by atoms with van der Waals surface area (Å²) in [4.78, 5) is 26.1. The maximum absolute atomic E-state index is 12.5. The highest BCUT2D eigenvalue weighted by Gasteiger charge is 2.33. The SMILES string of the molecule is CC(C(=O)c1ccc2c(c1)OCO2)N(C)C(=O)C1COC1. The summed E-state index contributed by atoms with van der Waals surface area (Å²) in [5, 5.41) is 0. The molecule has 0 radical (unpaired) electrons. The van der Waals surface area contributed by atoms with Crippen molar-refractivity contribution in [3.8, 4) is 11.5 Å². The van der Waals surface area contributed by atoms with E-state index in [0.29, 0.717) is 30.3 Å². The molecule has 0 aliphatic carbocycles. The Labute approximate surface area is 122 Å². The Balaban J connectivity index is 1.73. The molecule has 1 saturated heterocycles. The van der Waals surface area contributed by atoms with Gasteiger partial charge in [-0.15, -0.1) is 0 Å². The fraction of sp³-hybridized carbons (Fsp3) is 0.467. The molecule has 1 atom stereocenters. The van der Waals surface area contributed by atoms with Crippen molar-refractivity contribution in [3.05, 3.63) is 23.8 Å². The molecule has 6 nitrogen and oxygen atoms in total. The third kappa shape index (κ3) is 2.47. The molecule has 1 aromatic carbocycles. The Hall–Kier alpha value is -2.08. The normalized spacial score (nSPS) is 18.0. The molecule has 0 spiro atoms. The number of amides is 1. The molecule has 1 fully saturated rings. The lowest BCUT2D eigenvalue weighted by Crippen LogP contribution is -2.48. The number of ketones is 1. The van der Waals surface area contributed by atoms with E-state index in [1.54, 1.807) is 32.2 Å². The zero-order valence-electron chi connectivity index (χ0n) is 12.0. The van der Waals surface area contributed by atoms with E-state index >= 15 is 0 Å². The van der Waals surface area contributed by atoms with Gasteiger partial charge in [0.15, 0.2) is 17.3 Å². The molecule has 1 unspecified atom stereocenters. The summed E-state index contributed by atoms with van der Waals surface area (Å²) >= 11 is 0. The van der Waals surface area contributed by atoms with Gasteiger partial charge in [-0.2, -0.15) is 0 Å². The molecular formula is C15H17NO5. The molecule has 1 amide bonds. The highest BCUT2D eigenvalue weighted by atomic mass is 16.7. The second kappa shape index (κ2) is 5.37. The number of Topliss-reactive ketones (excluding diaryl/α,β-unsaturated/α-hetero) is 1. The molecule has 0 saturated carbocycles. The molecule has 2 aliphatic heterocycles. The van der Waals surface area contributed by atoms with E-state index in [0.717, 1.165) is 0 Å². The van der Waals surface area contributed by atoms with Crippen LogP contribution in [0.25, 0.3) is 0 Å². The highest BCUT2D eigenvalue weighted by Crippen LogP contribution is 2.33. The first-order chi connectivity index (χ1) is 10.1. The average Bonchev–Trinajstić information content (AvgIpc) is 2.90. The van der Waals surface area contributed by atoms with Crippen molar-refractivity contribution < 1.29 is 23.8 Å². The van der Waals surface area contributed by atoms with E-state index in [2.05, 4.69) is 0 Å². The first kappa shape index (κ1) is 13.9. The standard InChI is InChI=1S/C15H17NO5/c1-9(16(2)15(18)11-6-19-7-11)14(17)10-3-4-12-13(5-10)21-8-20-12/h3-5,9,11H,6-8H2,1-2H3. The number of fused-ring (bicyclic) bond motifs is 1. The van der Waals surface area contributed by atoms with E-state index in [1.807, 2.05) is 0 Å². The van der Waals surface area contributed by atoms with Crippen molar-refractivity contribution in [3.63, 3.8) is 0 Å².